The van der Waals surface area contributed by atoms with Crippen LogP contribution < -0.4 is 19.6 Å². The molecule has 0 saturated heterocycles. The van der Waals surface area contributed by atoms with E-state index in [-0.39, 0.29) is 0 Å². The first-order valence-corrected chi connectivity index (χ1v) is 9.64. The van der Waals surface area contributed by atoms with Crippen LogP contribution in [0.2, 0.25) is 10.0 Å². The molecule has 6 nitrogen and oxygen atoms in total. The molecule has 0 unspecified atom stereocenters. The van der Waals surface area contributed by atoms with Gasteiger partial charge in [0, 0.05) is 14.1 Å². The van der Waals surface area contributed by atoms with Crippen LogP contribution >= 0.6 is 39.1 Å². The van der Waals surface area contributed by atoms with Gasteiger partial charge in [-0.1, -0.05) is 35.3 Å². The summed E-state index contributed by atoms with van der Waals surface area (Å²) in [6.07, 6.45) is 0. The Bertz CT molecular complexity index is 920. The van der Waals surface area contributed by atoms with Crippen molar-refractivity contribution in [3.63, 3.8) is 0 Å². The molecule has 27 heavy (non-hydrogen) atoms. The zero-order valence-electron chi connectivity index (χ0n) is 15.1. The van der Waals surface area contributed by atoms with Crippen LogP contribution in [0, 0.1) is 0 Å². The summed E-state index contributed by atoms with van der Waals surface area (Å²) in [4.78, 5) is 6.52. The Morgan fingerprint density at radius 3 is 2.37 bits per heavy atom. The summed E-state index contributed by atoms with van der Waals surface area (Å²) < 4.78 is 7.80. The van der Waals surface area contributed by atoms with E-state index in [2.05, 4.69) is 31.3 Å². The van der Waals surface area contributed by atoms with E-state index in [9.17, 15) is 0 Å². The van der Waals surface area contributed by atoms with Crippen molar-refractivity contribution in [1.29, 1.82) is 0 Å². The number of nitrogens with one attached hydrogen (secondary N) is 2. The van der Waals surface area contributed by atoms with Crippen molar-refractivity contribution in [3.8, 4) is 5.75 Å². The first kappa shape index (κ1) is 19.8. The summed E-state index contributed by atoms with van der Waals surface area (Å²) >= 11 is 15.8. The van der Waals surface area contributed by atoms with Crippen molar-refractivity contribution in [3.05, 3.63) is 56.5 Å². The van der Waals surface area contributed by atoms with E-state index >= 15 is 0 Å². The Hall–Kier alpha value is -1.96. The molecule has 1 heterocycles. The standard InChI is InChI=1S/C18H18BrCl2N5O/c1-25(2)18-23-17(22-12-8-14(20)16(19)15(21)9-12)26(24-18)10-11-4-6-13(27-3)7-5-11/h4-9H,10H2,1-3H3,(H,22,23,24)/p+1. The predicted octanol–water partition coefficient (Wildman–Crippen LogP) is 4.63. The quantitative estimate of drug-likeness (QED) is 0.406. The van der Waals surface area contributed by atoms with E-state index < -0.39 is 0 Å². The number of H-pyrrole nitrogens is 1. The van der Waals surface area contributed by atoms with Crippen molar-refractivity contribution in [2.24, 2.45) is 0 Å². The summed E-state index contributed by atoms with van der Waals surface area (Å²) in [6, 6.07) is 11.5. The van der Waals surface area contributed by atoms with Gasteiger partial charge in [0.15, 0.2) is 0 Å². The fourth-order valence-electron chi connectivity index (χ4n) is 2.44. The molecular formula is C18H19BrCl2N5O+. The van der Waals surface area contributed by atoms with Gasteiger partial charge < -0.3 is 9.64 Å². The normalized spacial score (nSPS) is 10.7. The summed E-state index contributed by atoms with van der Waals surface area (Å²) in [7, 11) is 5.50. The fourth-order valence-corrected chi connectivity index (χ4v) is 3.16. The minimum absolute atomic E-state index is 0.523. The van der Waals surface area contributed by atoms with E-state index in [0.29, 0.717) is 27.0 Å². The molecule has 0 radical (unpaired) electrons. The monoisotopic (exact) mass is 470 g/mol. The molecule has 0 aliphatic carbocycles. The van der Waals surface area contributed by atoms with Gasteiger partial charge in [-0.05, 0) is 50.7 Å². The number of hydrogen-bond acceptors (Lipinski definition) is 4. The highest BCUT2D eigenvalue weighted by Gasteiger charge is 2.21. The SMILES string of the molecule is COc1ccc(C[n+]2[nH]c(N(C)C)nc2Nc2cc(Cl)c(Br)c(Cl)c2)cc1. The maximum atomic E-state index is 6.21. The molecule has 0 atom stereocenters. The Morgan fingerprint density at radius 2 is 1.81 bits per heavy atom. The Balaban J connectivity index is 1.91. The molecule has 1 aromatic heterocycles. The molecule has 2 N–H and O–H groups in total. The van der Waals surface area contributed by atoms with Gasteiger partial charge in [0.05, 0.1) is 21.6 Å². The predicted molar refractivity (Wildman–Crippen MR) is 113 cm³/mol. The van der Waals surface area contributed by atoms with Gasteiger partial charge in [-0.25, -0.2) is 10.4 Å². The van der Waals surface area contributed by atoms with Crippen LogP contribution in [0.5, 0.6) is 5.75 Å². The van der Waals surface area contributed by atoms with Crippen LogP contribution in [0.1, 0.15) is 5.56 Å². The highest BCUT2D eigenvalue weighted by atomic mass is 79.9. The lowest BCUT2D eigenvalue weighted by Gasteiger charge is -2.05. The number of anilines is 3. The van der Waals surface area contributed by atoms with Gasteiger partial charge in [-0.2, -0.15) is 4.68 Å². The molecule has 0 amide bonds. The second-order valence-corrected chi connectivity index (χ2v) is 7.69. The first-order valence-electron chi connectivity index (χ1n) is 8.09. The van der Waals surface area contributed by atoms with Gasteiger partial charge in [0.2, 0.25) is 0 Å². The number of methoxy groups -OCH3 is 1. The largest absolute Gasteiger partial charge is 0.497 e. The Morgan fingerprint density at radius 1 is 1.19 bits per heavy atom. The number of rotatable bonds is 6. The molecule has 0 aliphatic heterocycles. The average molecular weight is 472 g/mol. The minimum atomic E-state index is 0.523. The fraction of sp³-hybridized carbons (Fsp3) is 0.222. The van der Waals surface area contributed by atoms with Crippen LogP contribution in [0.15, 0.2) is 40.9 Å². The third-order valence-corrected chi connectivity index (χ3v) is 5.77. The van der Waals surface area contributed by atoms with Crippen LogP contribution in [0.25, 0.3) is 0 Å². The van der Waals surface area contributed by atoms with Crippen LogP contribution in [0.3, 0.4) is 0 Å². The summed E-state index contributed by atoms with van der Waals surface area (Å²) in [5.74, 6) is 2.18. The minimum Gasteiger partial charge on any atom is -0.497 e. The zero-order chi connectivity index (χ0) is 19.6. The topological polar surface area (TPSA) is 57.1 Å². The number of halogens is 3. The summed E-state index contributed by atoms with van der Waals surface area (Å²) in [6.45, 7) is 0.602. The second-order valence-electron chi connectivity index (χ2n) is 6.08. The lowest BCUT2D eigenvalue weighted by atomic mass is 10.2. The van der Waals surface area contributed by atoms with Crippen molar-refractivity contribution in [2.75, 3.05) is 31.4 Å². The number of aromatic amines is 1. The number of hydrogen-bond donors (Lipinski definition) is 2. The molecule has 0 aliphatic rings. The van der Waals surface area contributed by atoms with Crippen LogP contribution in [0.4, 0.5) is 17.6 Å². The van der Waals surface area contributed by atoms with E-state index in [1.165, 1.54) is 0 Å². The van der Waals surface area contributed by atoms with Gasteiger partial charge in [0.1, 0.15) is 18.0 Å². The van der Waals surface area contributed by atoms with Crippen molar-refractivity contribution in [2.45, 2.75) is 6.54 Å². The molecule has 9 heteroatoms. The van der Waals surface area contributed by atoms with Crippen LogP contribution in [-0.4, -0.2) is 31.3 Å². The molecule has 2 aromatic carbocycles. The highest BCUT2D eigenvalue weighted by molar-refractivity contribution is 9.10. The van der Waals surface area contributed by atoms with Gasteiger partial charge in [-0.15, -0.1) is 0 Å². The molecule has 3 rings (SSSR count). The number of aromatic nitrogens is 3. The second kappa shape index (κ2) is 8.37. The molecule has 0 fully saturated rings. The van der Waals surface area contributed by atoms with E-state index in [4.69, 9.17) is 27.9 Å². The van der Waals surface area contributed by atoms with E-state index in [1.54, 1.807) is 19.2 Å². The number of ether oxygens (including phenoxy) is 1. The maximum Gasteiger partial charge on any atom is 0.418 e. The lowest BCUT2D eigenvalue weighted by Crippen LogP contribution is -2.39. The zero-order valence-corrected chi connectivity index (χ0v) is 18.2. The molecule has 142 valence electrons. The first-order chi connectivity index (χ1) is 12.9. The highest BCUT2D eigenvalue weighted by Crippen LogP contribution is 2.34. The number of nitrogens with zero attached hydrogens (tertiary/aromatic N) is 3. The van der Waals surface area contributed by atoms with Gasteiger partial charge >= 0.3 is 11.9 Å². The smallest absolute Gasteiger partial charge is 0.418 e. The number of benzene rings is 2. The molecule has 3 aromatic rings. The molecule has 0 saturated carbocycles. The van der Waals surface area contributed by atoms with Crippen molar-refractivity contribution < 1.29 is 9.42 Å². The van der Waals surface area contributed by atoms with Crippen molar-refractivity contribution in [1.82, 2.24) is 10.1 Å². The van der Waals surface area contributed by atoms with E-state index in [0.717, 1.165) is 22.9 Å². The summed E-state index contributed by atoms with van der Waals surface area (Å²) in [5, 5.41) is 7.61. The summed E-state index contributed by atoms with van der Waals surface area (Å²) in [5.41, 5.74) is 1.85. The average Bonchev–Trinajstić information content (AvgIpc) is 3.03. The van der Waals surface area contributed by atoms with E-state index in [1.807, 2.05) is 47.9 Å². The maximum absolute atomic E-state index is 6.21. The third kappa shape index (κ3) is 4.66. The lowest BCUT2D eigenvalue weighted by molar-refractivity contribution is -0.729. The molecule has 0 spiro atoms. The van der Waals surface area contributed by atoms with Crippen molar-refractivity contribution >= 4 is 56.7 Å². The van der Waals surface area contributed by atoms with Crippen LogP contribution in [-0.2, 0) is 6.54 Å². The van der Waals surface area contributed by atoms with Gasteiger partial charge in [0.25, 0.3) is 0 Å². The third-order valence-electron chi connectivity index (χ3n) is 3.87. The molecular weight excluding hydrogens is 453 g/mol. The van der Waals surface area contributed by atoms with Gasteiger partial charge in [-0.3, -0.25) is 0 Å². The Labute approximate surface area is 176 Å². The Kier molecular flexibility index (Phi) is 6.14. The molecule has 0 bridgehead atoms.